The summed E-state index contributed by atoms with van der Waals surface area (Å²) in [5.41, 5.74) is 2.32. The maximum atomic E-state index is 14.1. The first-order chi connectivity index (χ1) is 12.6. The summed E-state index contributed by atoms with van der Waals surface area (Å²) in [5, 5.41) is 28.8. The first kappa shape index (κ1) is 18.6. The smallest absolute Gasteiger partial charge is 0.420 e. The molecule has 0 saturated heterocycles. The van der Waals surface area contributed by atoms with Gasteiger partial charge in [0.25, 0.3) is 0 Å². The van der Waals surface area contributed by atoms with Crippen molar-refractivity contribution in [1.29, 1.82) is 0 Å². The van der Waals surface area contributed by atoms with Crippen molar-refractivity contribution in [2.24, 2.45) is 5.73 Å². The lowest BCUT2D eigenvalue weighted by atomic mass is 9.96. The molecule has 0 aromatic heterocycles. The van der Waals surface area contributed by atoms with Crippen LogP contribution in [0.4, 0.5) is 17.6 Å². The summed E-state index contributed by atoms with van der Waals surface area (Å²) in [7, 11) is 0. The number of esters is 1. The SMILES string of the molecule is NC[C@@H]1Oc2c(-c3ccc(O)c(O)c3C(F)(F)F)cc(F)c(O)c2OC1=O. The van der Waals surface area contributed by atoms with Gasteiger partial charge in [0.15, 0.2) is 28.8 Å². The molecule has 0 spiro atoms. The number of hydrogen-bond acceptors (Lipinski definition) is 7. The third-order valence-corrected chi connectivity index (χ3v) is 3.83. The highest BCUT2D eigenvalue weighted by Crippen LogP contribution is 2.53. The number of rotatable bonds is 2. The number of hydrogen-bond donors (Lipinski definition) is 4. The van der Waals surface area contributed by atoms with Crippen LogP contribution in [0.5, 0.6) is 28.7 Å². The minimum Gasteiger partial charge on any atom is -0.504 e. The molecule has 0 unspecified atom stereocenters. The van der Waals surface area contributed by atoms with Gasteiger partial charge in [-0.3, -0.25) is 0 Å². The van der Waals surface area contributed by atoms with Crippen molar-refractivity contribution < 1.29 is 47.1 Å². The summed E-state index contributed by atoms with van der Waals surface area (Å²) in [4.78, 5) is 11.7. The van der Waals surface area contributed by atoms with Crippen LogP contribution in [0, 0.1) is 5.82 Å². The van der Waals surface area contributed by atoms with Crippen molar-refractivity contribution in [1.82, 2.24) is 0 Å². The van der Waals surface area contributed by atoms with E-state index in [0.717, 1.165) is 12.1 Å². The van der Waals surface area contributed by atoms with Crippen LogP contribution in [0.15, 0.2) is 18.2 Å². The molecule has 0 saturated carbocycles. The highest BCUT2D eigenvalue weighted by Gasteiger charge is 2.41. The Bertz CT molecular complexity index is 944. The summed E-state index contributed by atoms with van der Waals surface area (Å²) < 4.78 is 64.3. The van der Waals surface area contributed by atoms with E-state index in [9.17, 15) is 37.7 Å². The Morgan fingerprint density at radius 3 is 2.33 bits per heavy atom. The Balaban J connectivity index is 2.35. The number of benzene rings is 2. The number of nitrogens with two attached hydrogens (primary N) is 1. The van der Waals surface area contributed by atoms with Crippen molar-refractivity contribution in [3.8, 4) is 39.9 Å². The summed E-state index contributed by atoms with van der Waals surface area (Å²) in [6.07, 6.45) is -6.54. The summed E-state index contributed by atoms with van der Waals surface area (Å²) >= 11 is 0. The normalized spacial score (nSPS) is 16.5. The molecular weight excluding hydrogens is 378 g/mol. The molecule has 2 aromatic rings. The molecule has 0 amide bonds. The molecule has 3 rings (SSSR count). The highest BCUT2D eigenvalue weighted by molar-refractivity contribution is 5.87. The predicted molar refractivity (Wildman–Crippen MR) is 80.9 cm³/mol. The number of phenolic OH excluding ortho intramolecular Hbond substituents is 3. The van der Waals surface area contributed by atoms with Crippen molar-refractivity contribution in [3.63, 3.8) is 0 Å². The van der Waals surface area contributed by atoms with Gasteiger partial charge in [-0.1, -0.05) is 0 Å². The quantitative estimate of drug-likeness (QED) is 0.269. The lowest BCUT2D eigenvalue weighted by Gasteiger charge is -2.27. The molecule has 1 aliphatic rings. The molecule has 11 heteroatoms. The highest BCUT2D eigenvalue weighted by atomic mass is 19.4. The predicted octanol–water partition coefficient (Wildman–Crippen LogP) is 2.25. The molecule has 0 bridgehead atoms. The van der Waals surface area contributed by atoms with Crippen LogP contribution >= 0.6 is 0 Å². The Morgan fingerprint density at radius 1 is 1.07 bits per heavy atom. The van der Waals surface area contributed by atoms with E-state index in [0.29, 0.717) is 6.07 Å². The minimum absolute atomic E-state index is 0.400. The maximum absolute atomic E-state index is 14.1. The van der Waals surface area contributed by atoms with Gasteiger partial charge in [-0.05, 0) is 18.2 Å². The van der Waals surface area contributed by atoms with E-state index in [4.69, 9.17) is 15.2 Å². The molecule has 2 aromatic carbocycles. The Hall–Kier alpha value is -3.21. The number of fused-ring (bicyclic) bond motifs is 1. The van der Waals surface area contributed by atoms with E-state index < -0.39 is 76.0 Å². The van der Waals surface area contributed by atoms with Crippen LogP contribution in [0.2, 0.25) is 0 Å². The molecular formula is C16H11F4NO6. The minimum atomic E-state index is -5.14. The lowest BCUT2D eigenvalue weighted by molar-refractivity contribution is -0.144. The number of alkyl halides is 3. The van der Waals surface area contributed by atoms with Gasteiger partial charge in [-0.15, -0.1) is 0 Å². The van der Waals surface area contributed by atoms with Crippen molar-refractivity contribution in [3.05, 3.63) is 29.6 Å². The average molecular weight is 389 g/mol. The summed E-state index contributed by atoms with van der Waals surface area (Å²) in [6, 6.07) is 2.04. The van der Waals surface area contributed by atoms with Crippen molar-refractivity contribution >= 4 is 5.97 Å². The number of carbonyl (C=O) groups is 1. The number of aromatic hydroxyl groups is 3. The second-order valence-corrected chi connectivity index (χ2v) is 5.53. The second kappa shape index (κ2) is 6.20. The van der Waals surface area contributed by atoms with E-state index >= 15 is 0 Å². The number of phenols is 3. The van der Waals surface area contributed by atoms with Gasteiger partial charge >= 0.3 is 12.1 Å². The molecule has 0 aliphatic carbocycles. The van der Waals surface area contributed by atoms with E-state index in [-0.39, 0.29) is 0 Å². The maximum Gasteiger partial charge on any atom is 0.420 e. The van der Waals surface area contributed by atoms with E-state index in [2.05, 4.69) is 0 Å². The van der Waals surface area contributed by atoms with Crippen LogP contribution in [0.25, 0.3) is 11.1 Å². The molecule has 1 aliphatic heterocycles. The molecule has 1 heterocycles. The van der Waals surface area contributed by atoms with Gasteiger partial charge in [0.2, 0.25) is 11.9 Å². The zero-order valence-corrected chi connectivity index (χ0v) is 13.2. The number of halogens is 4. The Labute approximate surface area is 148 Å². The zero-order valence-electron chi connectivity index (χ0n) is 13.2. The number of ether oxygens (including phenoxy) is 2. The molecule has 5 N–H and O–H groups in total. The van der Waals surface area contributed by atoms with E-state index in [1.165, 1.54) is 0 Å². The third kappa shape index (κ3) is 2.95. The van der Waals surface area contributed by atoms with E-state index in [1.54, 1.807) is 0 Å². The largest absolute Gasteiger partial charge is 0.504 e. The molecule has 1 atom stereocenters. The fraction of sp³-hybridized carbons (Fsp3) is 0.188. The fourth-order valence-corrected chi connectivity index (χ4v) is 2.60. The van der Waals surface area contributed by atoms with Crippen LogP contribution < -0.4 is 15.2 Å². The van der Waals surface area contributed by atoms with Crippen molar-refractivity contribution in [2.45, 2.75) is 12.3 Å². The number of carbonyl (C=O) groups excluding carboxylic acids is 1. The topological polar surface area (TPSA) is 122 Å². The van der Waals surface area contributed by atoms with Crippen LogP contribution in [-0.2, 0) is 11.0 Å². The van der Waals surface area contributed by atoms with Crippen LogP contribution in [0.1, 0.15) is 5.56 Å². The van der Waals surface area contributed by atoms with Gasteiger partial charge in [-0.2, -0.15) is 13.2 Å². The Kier molecular flexibility index (Phi) is 4.26. The van der Waals surface area contributed by atoms with Crippen LogP contribution in [0.3, 0.4) is 0 Å². The lowest BCUT2D eigenvalue weighted by Crippen LogP contribution is -2.41. The van der Waals surface area contributed by atoms with Gasteiger partial charge in [0, 0.05) is 17.7 Å². The van der Waals surface area contributed by atoms with Gasteiger partial charge < -0.3 is 30.5 Å². The van der Waals surface area contributed by atoms with Crippen LogP contribution in [-0.4, -0.2) is 33.9 Å². The molecule has 27 heavy (non-hydrogen) atoms. The molecule has 7 nitrogen and oxygen atoms in total. The monoisotopic (exact) mass is 389 g/mol. The average Bonchev–Trinajstić information content (AvgIpc) is 2.59. The van der Waals surface area contributed by atoms with E-state index in [1.807, 2.05) is 0 Å². The molecule has 0 radical (unpaired) electrons. The first-order valence-electron chi connectivity index (χ1n) is 7.32. The van der Waals surface area contributed by atoms with Gasteiger partial charge in [0.1, 0.15) is 5.56 Å². The fourth-order valence-electron chi connectivity index (χ4n) is 2.60. The Morgan fingerprint density at radius 2 is 1.74 bits per heavy atom. The van der Waals surface area contributed by atoms with Gasteiger partial charge in [-0.25, -0.2) is 9.18 Å². The second-order valence-electron chi connectivity index (χ2n) is 5.53. The first-order valence-corrected chi connectivity index (χ1v) is 7.32. The summed E-state index contributed by atoms with van der Waals surface area (Å²) in [6.45, 7) is -0.400. The third-order valence-electron chi connectivity index (χ3n) is 3.83. The zero-order chi connectivity index (χ0) is 20.1. The molecule has 144 valence electrons. The summed E-state index contributed by atoms with van der Waals surface area (Å²) in [5.74, 6) is -7.53. The van der Waals surface area contributed by atoms with Crippen molar-refractivity contribution in [2.75, 3.05) is 6.54 Å². The van der Waals surface area contributed by atoms with Gasteiger partial charge in [0.05, 0.1) is 0 Å². The molecule has 0 fully saturated rings. The standard InChI is InChI=1S/C16H11F4NO6/c17-7-3-6(5-1-2-8(22)12(24)10(5)16(18,19)20)13-14(11(7)23)27-15(25)9(4-21)26-13/h1-3,9,22-24H,4,21H2/t9-/m0/s1.